The second-order valence-corrected chi connectivity index (χ2v) is 6.98. The Morgan fingerprint density at radius 1 is 1.33 bits per heavy atom. The summed E-state index contributed by atoms with van der Waals surface area (Å²) in [6, 6.07) is 5.12. The molecule has 1 aliphatic rings. The highest BCUT2D eigenvalue weighted by Crippen LogP contribution is 2.25. The van der Waals surface area contributed by atoms with Crippen LogP contribution in [0.25, 0.3) is 0 Å². The van der Waals surface area contributed by atoms with Gasteiger partial charge in [-0.2, -0.15) is 0 Å². The molecule has 1 aliphatic heterocycles. The fraction of sp³-hybridized carbons (Fsp3) is 0.333. The minimum absolute atomic E-state index is 0.159. The Bertz CT molecular complexity index is 767. The zero-order valence-electron chi connectivity index (χ0n) is 13.4. The minimum Gasteiger partial charge on any atom is -0.271 e. The van der Waals surface area contributed by atoms with Crippen LogP contribution < -0.4 is 0 Å². The van der Waals surface area contributed by atoms with Crippen LogP contribution >= 0.6 is 22.6 Å². The predicted octanol–water partition coefficient (Wildman–Crippen LogP) is 3.76. The number of hydrogen-bond donors (Lipinski definition) is 0. The van der Waals surface area contributed by atoms with Gasteiger partial charge in [0.05, 0.1) is 18.7 Å². The average Bonchev–Trinajstić information content (AvgIpc) is 2.57. The molecule has 0 radical (unpaired) electrons. The number of hydroxylamine groups is 2. The number of hydrogen-bond acceptors (Lipinski definition) is 3. The first-order valence-corrected chi connectivity index (χ1v) is 9.02. The van der Waals surface area contributed by atoms with Crippen LogP contribution in [-0.4, -0.2) is 29.1 Å². The lowest BCUT2D eigenvalue weighted by atomic mass is 9.94. The van der Waals surface area contributed by atoms with E-state index in [2.05, 4.69) is 27.6 Å². The van der Waals surface area contributed by atoms with Crippen molar-refractivity contribution in [3.05, 3.63) is 62.2 Å². The number of rotatable bonds is 5. The first-order chi connectivity index (χ1) is 11.6. The molecule has 0 bridgehead atoms. The van der Waals surface area contributed by atoms with E-state index >= 15 is 0 Å². The van der Waals surface area contributed by atoms with Crippen LogP contribution in [0.2, 0.25) is 0 Å². The van der Waals surface area contributed by atoms with Crippen LogP contribution in [0.15, 0.2) is 30.6 Å². The van der Waals surface area contributed by atoms with E-state index in [0.29, 0.717) is 37.1 Å². The first kappa shape index (κ1) is 17.3. The maximum atomic E-state index is 14.2. The van der Waals surface area contributed by atoms with Gasteiger partial charge in [-0.05, 0) is 64.3 Å². The van der Waals surface area contributed by atoms with Crippen LogP contribution in [0.5, 0.6) is 0 Å². The number of benzene rings is 1. The molecule has 2 aromatic rings. The van der Waals surface area contributed by atoms with E-state index in [1.165, 1.54) is 11.1 Å². The molecular weight excluding hydrogens is 422 g/mol. The molecule has 1 aromatic carbocycles. The molecule has 0 spiro atoms. The molecule has 126 valence electrons. The van der Waals surface area contributed by atoms with Crippen LogP contribution in [-0.2, 0) is 17.7 Å². The van der Waals surface area contributed by atoms with Crippen LogP contribution in [0, 0.1) is 9.39 Å². The van der Waals surface area contributed by atoms with Crippen LogP contribution in [0.4, 0.5) is 4.39 Å². The molecule has 0 unspecified atom stereocenters. The normalized spacial score (nSPS) is 14.0. The lowest BCUT2D eigenvalue weighted by molar-refractivity contribution is -0.125. The molecule has 6 heteroatoms. The summed E-state index contributed by atoms with van der Waals surface area (Å²) in [6.07, 6.45) is 5.25. The molecule has 0 fully saturated rings. The zero-order valence-corrected chi connectivity index (χ0v) is 15.5. The van der Waals surface area contributed by atoms with Gasteiger partial charge in [-0.1, -0.05) is 13.0 Å². The molecule has 0 aliphatic carbocycles. The van der Waals surface area contributed by atoms with Crippen molar-refractivity contribution in [2.75, 3.05) is 13.2 Å². The Kier molecular flexibility index (Phi) is 5.45. The summed E-state index contributed by atoms with van der Waals surface area (Å²) in [5, 5.41) is 1.42. The van der Waals surface area contributed by atoms with Gasteiger partial charge >= 0.3 is 0 Å². The van der Waals surface area contributed by atoms with Crippen molar-refractivity contribution < 1.29 is 14.0 Å². The van der Waals surface area contributed by atoms with Crippen molar-refractivity contribution in [2.45, 2.75) is 26.2 Å². The highest BCUT2D eigenvalue weighted by molar-refractivity contribution is 14.1. The quantitative estimate of drug-likeness (QED) is 0.666. The van der Waals surface area contributed by atoms with Crippen molar-refractivity contribution in [2.24, 2.45) is 0 Å². The monoisotopic (exact) mass is 440 g/mol. The Hall–Kier alpha value is -1.54. The third-order valence-electron chi connectivity index (χ3n) is 3.97. The summed E-state index contributed by atoms with van der Waals surface area (Å²) in [7, 11) is 0. The van der Waals surface area contributed by atoms with Gasteiger partial charge in [-0.25, -0.2) is 9.45 Å². The zero-order chi connectivity index (χ0) is 17.1. The number of amides is 1. The Labute approximate surface area is 154 Å². The van der Waals surface area contributed by atoms with Gasteiger partial charge in [0.1, 0.15) is 5.82 Å². The molecule has 2 heterocycles. The molecule has 0 atom stereocenters. The lowest BCUT2D eigenvalue weighted by Gasteiger charge is -2.28. The summed E-state index contributed by atoms with van der Waals surface area (Å²) in [5.74, 6) is -0.421. The largest absolute Gasteiger partial charge is 0.278 e. The number of carbonyl (C=O) groups is 1. The van der Waals surface area contributed by atoms with Crippen molar-refractivity contribution in [3.8, 4) is 0 Å². The topological polar surface area (TPSA) is 42.4 Å². The number of pyridine rings is 1. The number of fused-ring (bicyclic) bond motifs is 1. The summed E-state index contributed by atoms with van der Waals surface area (Å²) < 4.78 is 15.0. The van der Waals surface area contributed by atoms with E-state index in [0.717, 1.165) is 21.1 Å². The molecule has 0 N–H and O–H groups in total. The average molecular weight is 440 g/mol. The third kappa shape index (κ3) is 3.59. The summed E-state index contributed by atoms with van der Waals surface area (Å²) in [6.45, 7) is 3.03. The maximum absolute atomic E-state index is 14.2. The van der Waals surface area contributed by atoms with Gasteiger partial charge in [-0.3, -0.25) is 14.6 Å². The Morgan fingerprint density at radius 3 is 2.92 bits per heavy atom. The highest BCUT2D eigenvalue weighted by atomic mass is 127. The molecule has 1 amide bonds. The van der Waals surface area contributed by atoms with E-state index in [1.807, 2.05) is 13.0 Å². The number of nitrogens with zero attached hydrogens (tertiary/aromatic N) is 2. The summed E-state index contributed by atoms with van der Waals surface area (Å²) in [4.78, 5) is 22.5. The number of carbonyl (C=O) groups excluding carboxylic acids is 1. The number of aromatic nitrogens is 1. The standard InChI is InChI=1S/C18H18FIN2O2/c1-2-7-24-22-6-5-13-10-21-11-14(17(13)18(22)23)8-12-3-4-15(20)9-16(12)19/h3-4,9-11H,2,5-8H2,1H3. The van der Waals surface area contributed by atoms with Gasteiger partial charge in [0.2, 0.25) is 0 Å². The molecule has 1 aromatic heterocycles. The second kappa shape index (κ2) is 7.57. The predicted molar refractivity (Wildman–Crippen MR) is 97.1 cm³/mol. The van der Waals surface area contributed by atoms with Crippen molar-refractivity contribution >= 4 is 28.5 Å². The molecule has 0 saturated carbocycles. The SMILES string of the molecule is CCCON1CCc2cncc(Cc3ccc(I)cc3F)c2C1=O. The van der Waals surface area contributed by atoms with Crippen molar-refractivity contribution in [1.82, 2.24) is 10.0 Å². The van der Waals surface area contributed by atoms with E-state index < -0.39 is 0 Å². The van der Waals surface area contributed by atoms with Gasteiger partial charge in [0, 0.05) is 22.4 Å². The third-order valence-corrected chi connectivity index (χ3v) is 4.65. The van der Waals surface area contributed by atoms with Crippen LogP contribution in [0.1, 0.15) is 40.4 Å². The molecule has 24 heavy (non-hydrogen) atoms. The summed E-state index contributed by atoms with van der Waals surface area (Å²) >= 11 is 2.08. The Balaban J connectivity index is 1.92. The van der Waals surface area contributed by atoms with Gasteiger partial charge in [0.15, 0.2) is 0 Å². The molecule has 3 rings (SSSR count). The molecule has 4 nitrogen and oxygen atoms in total. The maximum Gasteiger partial charge on any atom is 0.278 e. The van der Waals surface area contributed by atoms with E-state index in [4.69, 9.17) is 4.84 Å². The van der Waals surface area contributed by atoms with E-state index in [1.54, 1.807) is 18.5 Å². The Morgan fingerprint density at radius 2 is 2.17 bits per heavy atom. The molecule has 0 saturated heterocycles. The van der Waals surface area contributed by atoms with E-state index in [9.17, 15) is 9.18 Å². The highest BCUT2D eigenvalue weighted by Gasteiger charge is 2.28. The minimum atomic E-state index is -0.262. The fourth-order valence-electron chi connectivity index (χ4n) is 2.79. The van der Waals surface area contributed by atoms with Crippen molar-refractivity contribution in [3.63, 3.8) is 0 Å². The fourth-order valence-corrected chi connectivity index (χ4v) is 3.25. The lowest BCUT2D eigenvalue weighted by Crippen LogP contribution is -2.38. The van der Waals surface area contributed by atoms with Crippen molar-refractivity contribution in [1.29, 1.82) is 0 Å². The first-order valence-electron chi connectivity index (χ1n) is 7.94. The van der Waals surface area contributed by atoms with Gasteiger partial charge < -0.3 is 0 Å². The molecular formula is C18H18FIN2O2. The van der Waals surface area contributed by atoms with Gasteiger partial charge in [0.25, 0.3) is 5.91 Å². The number of halogens is 2. The summed E-state index contributed by atoms with van der Waals surface area (Å²) in [5.41, 5.74) is 2.80. The van der Waals surface area contributed by atoms with Gasteiger partial charge in [-0.15, -0.1) is 0 Å². The van der Waals surface area contributed by atoms with E-state index in [-0.39, 0.29) is 11.7 Å². The smallest absolute Gasteiger partial charge is 0.271 e. The van der Waals surface area contributed by atoms with Crippen LogP contribution in [0.3, 0.4) is 0 Å². The second-order valence-electron chi connectivity index (χ2n) is 5.74.